The zero-order valence-corrected chi connectivity index (χ0v) is 10.1. The van der Waals surface area contributed by atoms with Crippen LogP contribution in [0, 0.1) is 19.8 Å². The number of hydrogen-bond acceptors (Lipinski definition) is 2. The lowest BCUT2D eigenvalue weighted by atomic mass is 10.1. The predicted octanol–water partition coefficient (Wildman–Crippen LogP) is 2.54. The van der Waals surface area contributed by atoms with Crippen LogP contribution in [0.25, 0.3) is 0 Å². The lowest BCUT2D eigenvalue weighted by molar-refractivity contribution is 0.258. The minimum atomic E-state index is 0.538. The van der Waals surface area contributed by atoms with Crippen molar-refractivity contribution < 1.29 is 4.74 Å². The lowest BCUT2D eigenvalue weighted by Crippen LogP contribution is -2.21. The summed E-state index contributed by atoms with van der Waals surface area (Å²) in [6, 6.07) is 6.32. The van der Waals surface area contributed by atoms with Gasteiger partial charge in [0.25, 0.3) is 0 Å². The van der Waals surface area contributed by atoms with E-state index in [1.54, 1.807) is 0 Å². The third-order valence-electron chi connectivity index (χ3n) is 2.28. The highest BCUT2D eigenvalue weighted by molar-refractivity contribution is 5.32. The molecule has 0 spiro atoms. The van der Waals surface area contributed by atoms with Crippen molar-refractivity contribution in [3.8, 4) is 5.75 Å². The predicted molar refractivity (Wildman–Crippen MR) is 64.5 cm³/mol. The molecule has 0 bridgehead atoms. The van der Waals surface area contributed by atoms with Crippen molar-refractivity contribution >= 4 is 0 Å². The Morgan fingerprint density at radius 1 is 1.20 bits per heavy atom. The van der Waals surface area contributed by atoms with Crippen molar-refractivity contribution in [1.82, 2.24) is 5.32 Å². The molecule has 0 amide bonds. The summed E-state index contributed by atoms with van der Waals surface area (Å²) in [5.74, 6) is 1.52. The van der Waals surface area contributed by atoms with Crippen LogP contribution in [0.5, 0.6) is 5.75 Å². The van der Waals surface area contributed by atoms with E-state index in [-0.39, 0.29) is 0 Å². The van der Waals surface area contributed by atoms with Gasteiger partial charge in [-0.3, -0.25) is 0 Å². The molecule has 0 radical (unpaired) electrons. The fourth-order valence-electron chi connectivity index (χ4n) is 1.66. The van der Waals surface area contributed by atoms with Crippen molar-refractivity contribution in [1.29, 1.82) is 0 Å². The monoisotopic (exact) mass is 207 g/mol. The molecule has 1 unspecified atom stereocenters. The zero-order valence-electron chi connectivity index (χ0n) is 10.1. The Balaban J connectivity index is 2.50. The number of aryl methyl sites for hydroxylation is 2. The Morgan fingerprint density at radius 3 is 2.33 bits per heavy atom. The molecule has 0 fully saturated rings. The molecular formula is C13H21NO. The Kier molecular flexibility index (Phi) is 4.63. The summed E-state index contributed by atoms with van der Waals surface area (Å²) >= 11 is 0. The smallest absolute Gasteiger partial charge is 0.119 e. The molecule has 1 atom stereocenters. The quantitative estimate of drug-likeness (QED) is 0.801. The Bertz CT molecular complexity index is 289. The first-order chi connectivity index (χ1) is 7.11. The van der Waals surface area contributed by atoms with Crippen LogP contribution in [-0.4, -0.2) is 20.2 Å². The van der Waals surface area contributed by atoms with Crippen LogP contribution in [0.2, 0.25) is 0 Å². The van der Waals surface area contributed by atoms with Crippen LogP contribution >= 0.6 is 0 Å². The van der Waals surface area contributed by atoms with Gasteiger partial charge in [0.2, 0.25) is 0 Å². The average Bonchev–Trinajstić information content (AvgIpc) is 2.14. The summed E-state index contributed by atoms with van der Waals surface area (Å²) in [5, 5.41) is 3.15. The first-order valence-electron chi connectivity index (χ1n) is 5.47. The molecule has 0 saturated heterocycles. The largest absolute Gasteiger partial charge is 0.493 e. The van der Waals surface area contributed by atoms with Gasteiger partial charge >= 0.3 is 0 Å². The Hall–Kier alpha value is -1.02. The molecule has 0 aromatic heterocycles. The van der Waals surface area contributed by atoms with E-state index in [1.807, 2.05) is 7.05 Å². The number of hydrogen-bond donors (Lipinski definition) is 1. The van der Waals surface area contributed by atoms with E-state index in [1.165, 1.54) is 11.1 Å². The van der Waals surface area contributed by atoms with Crippen LogP contribution in [0.3, 0.4) is 0 Å². The second-order valence-corrected chi connectivity index (χ2v) is 4.30. The Morgan fingerprint density at radius 2 is 1.80 bits per heavy atom. The summed E-state index contributed by atoms with van der Waals surface area (Å²) in [6.07, 6.45) is 0. The highest BCUT2D eigenvalue weighted by atomic mass is 16.5. The van der Waals surface area contributed by atoms with Crippen LogP contribution in [-0.2, 0) is 0 Å². The second-order valence-electron chi connectivity index (χ2n) is 4.30. The standard InChI is InChI=1S/C13H21NO/c1-10-5-11(2)7-13(6-10)15-9-12(3)8-14-4/h5-7,12,14H,8-9H2,1-4H3. The van der Waals surface area contributed by atoms with Gasteiger partial charge in [0.05, 0.1) is 6.61 Å². The van der Waals surface area contributed by atoms with Crippen molar-refractivity contribution in [2.24, 2.45) is 5.92 Å². The third kappa shape index (κ3) is 4.34. The molecule has 0 aliphatic heterocycles. The van der Waals surface area contributed by atoms with E-state index in [0.29, 0.717) is 5.92 Å². The van der Waals surface area contributed by atoms with Crippen LogP contribution in [0.15, 0.2) is 18.2 Å². The maximum atomic E-state index is 5.74. The van der Waals surface area contributed by atoms with Gasteiger partial charge in [-0.1, -0.05) is 13.0 Å². The number of nitrogens with one attached hydrogen (secondary N) is 1. The molecule has 1 rings (SSSR count). The van der Waals surface area contributed by atoms with Gasteiger partial charge in [0.15, 0.2) is 0 Å². The highest BCUT2D eigenvalue weighted by Crippen LogP contribution is 2.16. The molecule has 0 heterocycles. The molecule has 0 aliphatic rings. The van der Waals surface area contributed by atoms with Gasteiger partial charge in [0.1, 0.15) is 5.75 Å². The van der Waals surface area contributed by atoms with E-state index < -0.39 is 0 Å². The molecular weight excluding hydrogens is 186 g/mol. The number of benzene rings is 1. The van der Waals surface area contributed by atoms with Crippen LogP contribution < -0.4 is 10.1 Å². The fourth-order valence-corrected chi connectivity index (χ4v) is 1.66. The summed E-state index contributed by atoms with van der Waals surface area (Å²) in [7, 11) is 1.97. The number of ether oxygens (including phenoxy) is 1. The molecule has 2 nitrogen and oxygen atoms in total. The second kappa shape index (κ2) is 5.76. The maximum Gasteiger partial charge on any atom is 0.119 e. The SMILES string of the molecule is CNCC(C)COc1cc(C)cc(C)c1. The summed E-state index contributed by atoms with van der Waals surface area (Å²) in [6.45, 7) is 8.13. The van der Waals surface area contributed by atoms with Crippen molar-refractivity contribution in [2.45, 2.75) is 20.8 Å². The third-order valence-corrected chi connectivity index (χ3v) is 2.28. The first-order valence-corrected chi connectivity index (χ1v) is 5.47. The lowest BCUT2D eigenvalue weighted by Gasteiger charge is -2.13. The van der Waals surface area contributed by atoms with E-state index >= 15 is 0 Å². The Labute approximate surface area is 92.6 Å². The highest BCUT2D eigenvalue weighted by Gasteiger charge is 2.02. The molecule has 2 heteroatoms. The minimum absolute atomic E-state index is 0.538. The maximum absolute atomic E-state index is 5.74. The van der Waals surface area contributed by atoms with Gasteiger partial charge in [-0.05, 0) is 44.2 Å². The molecule has 1 aromatic carbocycles. The fraction of sp³-hybridized carbons (Fsp3) is 0.538. The molecule has 1 N–H and O–H groups in total. The molecule has 84 valence electrons. The summed E-state index contributed by atoms with van der Waals surface area (Å²) in [4.78, 5) is 0. The van der Waals surface area contributed by atoms with Gasteiger partial charge in [-0.15, -0.1) is 0 Å². The van der Waals surface area contributed by atoms with Crippen molar-refractivity contribution in [3.05, 3.63) is 29.3 Å². The number of rotatable bonds is 5. The topological polar surface area (TPSA) is 21.3 Å². The van der Waals surface area contributed by atoms with Crippen molar-refractivity contribution in [2.75, 3.05) is 20.2 Å². The molecule has 1 aromatic rings. The average molecular weight is 207 g/mol. The zero-order chi connectivity index (χ0) is 11.3. The molecule has 0 saturated carbocycles. The van der Waals surface area contributed by atoms with E-state index in [2.05, 4.69) is 44.3 Å². The van der Waals surface area contributed by atoms with Crippen LogP contribution in [0.4, 0.5) is 0 Å². The molecule has 0 aliphatic carbocycles. The normalized spacial score (nSPS) is 12.5. The van der Waals surface area contributed by atoms with Gasteiger partial charge in [0, 0.05) is 12.5 Å². The van der Waals surface area contributed by atoms with Gasteiger partial charge in [-0.25, -0.2) is 0 Å². The van der Waals surface area contributed by atoms with E-state index in [4.69, 9.17) is 4.74 Å². The first kappa shape index (κ1) is 12.1. The van der Waals surface area contributed by atoms with Crippen molar-refractivity contribution in [3.63, 3.8) is 0 Å². The van der Waals surface area contributed by atoms with Crippen LogP contribution in [0.1, 0.15) is 18.1 Å². The van der Waals surface area contributed by atoms with E-state index in [9.17, 15) is 0 Å². The summed E-state index contributed by atoms with van der Waals surface area (Å²) in [5.41, 5.74) is 2.51. The van der Waals surface area contributed by atoms with Gasteiger partial charge in [-0.2, -0.15) is 0 Å². The minimum Gasteiger partial charge on any atom is -0.493 e. The van der Waals surface area contributed by atoms with Gasteiger partial charge < -0.3 is 10.1 Å². The summed E-state index contributed by atoms with van der Waals surface area (Å²) < 4.78 is 5.74. The molecule has 15 heavy (non-hydrogen) atoms. The van der Waals surface area contributed by atoms with E-state index in [0.717, 1.165) is 18.9 Å².